The number of aromatic carboxylic acids is 1. The van der Waals surface area contributed by atoms with Crippen LogP contribution in [0.5, 0.6) is 0 Å². The second-order valence-corrected chi connectivity index (χ2v) is 5.06. The average Bonchev–Trinajstić information content (AvgIpc) is 2.71. The standard InChI is InChI=1S/C12H14N4O4/c1-12(2,3)20-11(19)15-9-7-4-5-8(10(17)18)16(7)14-6-13-9/h4-6H,1-3H3,(H,17,18)(H,13,14,15,19). The van der Waals surface area contributed by atoms with Crippen molar-refractivity contribution in [2.75, 3.05) is 5.32 Å². The van der Waals surface area contributed by atoms with Crippen LogP contribution in [-0.2, 0) is 4.74 Å². The van der Waals surface area contributed by atoms with Gasteiger partial charge in [-0.2, -0.15) is 5.10 Å². The van der Waals surface area contributed by atoms with Crippen LogP contribution < -0.4 is 5.32 Å². The normalized spacial score (nSPS) is 11.3. The predicted molar refractivity (Wildman–Crippen MR) is 69.8 cm³/mol. The molecule has 2 rings (SSSR count). The molecule has 106 valence electrons. The maximum absolute atomic E-state index is 11.7. The van der Waals surface area contributed by atoms with Crippen molar-refractivity contribution in [1.82, 2.24) is 14.6 Å². The summed E-state index contributed by atoms with van der Waals surface area (Å²) < 4.78 is 6.29. The molecule has 0 atom stereocenters. The molecule has 1 amide bonds. The molecule has 0 unspecified atom stereocenters. The Morgan fingerprint density at radius 3 is 2.65 bits per heavy atom. The number of hydrogen-bond acceptors (Lipinski definition) is 5. The lowest BCUT2D eigenvalue weighted by Crippen LogP contribution is -2.27. The first-order chi connectivity index (χ1) is 9.28. The number of carbonyl (C=O) groups excluding carboxylic acids is 1. The number of anilines is 1. The van der Waals surface area contributed by atoms with Crippen LogP contribution in [0.2, 0.25) is 0 Å². The quantitative estimate of drug-likeness (QED) is 0.867. The number of amides is 1. The van der Waals surface area contributed by atoms with Gasteiger partial charge in [-0.25, -0.2) is 19.1 Å². The largest absolute Gasteiger partial charge is 0.477 e. The second kappa shape index (κ2) is 4.80. The van der Waals surface area contributed by atoms with E-state index >= 15 is 0 Å². The lowest BCUT2D eigenvalue weighted by molar-refractivity contribution is 0.0633. The number of nitrogens with zero attached hydrogens (tertiary/aromatic N) is 3. The molecule has 0 aliphatic carbocycles. The molecule has 0 radical (unpaired) electrons. The molecule has 0 spiro atoms. The Labute approximate surface area is 114 Å². The molecule has 0 aliphatic rings. The van der Waals surface area contributed by atoms with E-state index in [0.717, 1.165) is 6.33 Å². The summed E-state index contributed by atoms with van der Waals surface area (Å²) in [5.41, 5.74) is -0.285. The van der Waals surface area contributed by atoms with Crippen molar-refractivity contribution < 1.29 is 19.4 Å². The highest BCUT2D eigenvalue weighted by molar-refractivity contribution is 5.92. The number of ether oxygens (including phenoxy) is 1. The lowest BCUT2D eigenvalue weighted by atomic mass is 10.2. The highest BCUT2D eigenvalue weighted by atomic mass is 16.6. The Kier molecular flexibility index (Phi) is 3.31. The third-order valence-electron chi connectivity index (χ3n) is 2.29. The van der Waals surface area contributed by atoms with Gasteiger partial charge in [0.2, 0.25) is 0 Å². The Morgan fingerprint density at radius 1 is 1.35 bits per heavy atom. The summed E-state index contributed by atoms with van der Waals surface area (Å²) in [7, 11) is 0. The Hall–Kier alpha value is -2.64. The van der Waals surface area contributed by atoms with Crippen LogP contribution in [0.3, 0.4) is 0 Å². The topological polar surface area (TPSA) is 106 Å². The molecule has 0 saturated heterocycles. The van der Waals surface area contributed by atoms with Crippen molar-refractivity contribution in [3.8, 4) is 0 Å². The summed E-state index contributed by atoms with van der Waals surface area (Å²) in [6.45, 7) is 5.21. The first-order valence-electron chi connectivity index (χ1n) is 5.84. The zero-order valence-electron chi connectivity index (χ0n) is 11.2. The zero-order chi connectivity index (χ0) is 14.9. The van der Waals surface area contributed by atoms with E-state index in [1.54, 1.807) is 20.8 Å². The molecule has 2 N–H and O–H groups in total. The summed E-state index contributed by atoms with van der Waals surface area (Å²) >= 11 is 0. The van der Waals surface area contributed by atoms with Crippen molar-refractivity contribution in [3.05, 3.63) is 24.2 Å². The Balaban J connectivity index is 2.32. The zero-order valence-corrected chi connectivity index (χ0v) is 11.2. The van der Waals surface area contributed by atoms with Crippen molar-refractivity contribution in [2.24, 2.45) is 0 Å². The lowest BCUT2D eigenvalue weighted by Gasteiger charge is -2.19. The summed E-state index contributed by atoms with van der Waals surface area (Å²) in [6, 6.07) is 2.89. The molecular weight excluding hydrogens is 264 g/mol. The van der Waals surface area contributed by atoms with Gasteiger partial charge in [-0.15, -0.1) is 0 Å². The van der Waals surface area contributed by atoms with Crippen molar-refractivity contribution in [1.29, 1.82) is 0 Å². The van der Waals surface area contributed by atoms with E-state index in [9.17, 15) is 9.59 Å². The van der Waals surface area contributed by atoms with Gasteiger partial charge in [0.25, 0.3) is 0 Å². The first kappa shape index (κ1) is 13.8. The van der Waals surface area contributed by atoms with E-state index in [0.29, 0.717) is 5.52 Å². The molecule has 2 aromatic rings. The Bertz CT molecular complexity index is 672. The predicted octanol–water partition coefficient (Wildman–Crippen LogP) is 1.77. The van der Waals surface area contributed by atoms with Gasteiger partial charge in [0.05, 0.1) is 0 Å². The smallest absolute Gasteiger partial charge is 0.413 e. The number of fused-ring (bicyclic) bond motifs is 1. The van der Waals surface area contributed by atoms with Gasteiger partial charge in [0.15, 0.2) is 11.5 Å². The van der Waals surface area contributed by atoms with Crippen LogP contribution in [0.15, 0.2) is 18.5 Å². The van der Waals surface area contributed by atoms with E-state index in [2.05, 4.69) is 15.4 Å². The minimum Gasteiger partial charge on any atom is -0.477 e. The van der Waals surface area contributed by atoms with Crippen LogP contribution in [0, 0.1) is 0 Å². The third-order valence-corrected chi connectivity index (χ3v) is 2.29. The highest BCUT2D eigenvalue weighted by Gasteiger charge is 2.19. The average molecular weight is 278 g/mol. The van der Waals surface area contributed by atoms with Crippen LogP contribution in [0.4, 0.5) is 10.6 Å². The van der Waals surface area contributed by atoms with Crippen LogP contribution >= 0.6 is 0 Å². The Morgan fingerprint density at radius 2 is 2.05 bits per heavy atom. The second-order valence-electron chi connectivity index (χ2n) is 5.06. The number of hydrogen-bond donors (Lipinski definition) is 2. The van der Waals surface area contributed by atoms with Gasteiger partial charge in [0.1, 0.15) is 17.4 Å². The molecule has 2 heterocycles. The third kappa shape index (κ3) is 2.85. The maximum Gasteiger partial charge on any atom is 0.413 e. The number of carbonyl (C=O) groups is 2. The highest BCUT2D eigenvalue weighted by Crippen LogP contribution is 2.17. The monoisotopic (exact) mass is 278 g/mol. The van der Waals surface area contributed by atoms with Crippen molar-refractivity contribution in [3.63, 3.8) is 0 Å². The summed E-state index contributed by atoms with van der Waals surface area (Å²) in [5.74, 6) is -0.936. The summed E-state index contributed by atoms with van der Waals surface area (Å²) in [4.78, 5) is 26.6. The van der Waals surface area contributed by atoms with E-state index < -0.39 is 17.7 Å². The van der Waals surface area contributed by atoms with E-state index in [1.165, 1.54) is 16.6 Å². The molecule has 8 heteroatoms. The molecule has 0 bridgehead atoms. The van der Waals surface area contributed by atoms with Crippen molar-refractivity contribution in [2.45, 2.75) is 26.4 Å². The van der Waals surface area contributed by atoms with Crippen LogP contribution in [0.1, 0.15) is 31.3 Å². The van der Waals surface area contributed by atoms with E-state index in [1.807, 2.05) is 0 Å². The van der Waals surface area contributed by atoms with Crippen molar-refractivity contribution >= 4 is 23.4 Å². The molecule has 0 saturated carbocycles. The first-order valence-corrected chi connectivity index (χ1v) is 5.84. The van der Waals surface area contributed by atoms with Gasteiger partial charge in [-0.05, 0) is 32.9 Å². The number of carboxylic acid groups (broad SMARTS) is 1. The van der Waals surface area contributed by atoms with Gasteiger partial charge in [-0.3, -0.25) is 5.32 Å². The number of nitrogens with one attached hydrogen (secondary N) is 1. The minimum atomic E-state index is -1.12. The van der Waals surface area contributed by atoms with Gasteiger partial charge < -0.3 is 9.84 Å². The van der Waals surface area contributed by atoms with Crippen LogP contribution in [0.25, 0.3) is 5.52 Å². The number of carboxylic acids is 1. The maximum atomic E-state index is 11.7. The molecule has 0 aliphatic heterocycles. The van der Waals surface area contributed by atoms with Gasteiger partial charge >= 0.3 is 12.1 Å². The molecule has 0 fully saturated rings. The molecule has 2 aromatic heterocycles. The fourth-order valence-corrected chi connectivity index (χ4v) is 1.59. The van der Waals surface area contributed by atoms with Gasteiger partial charge in [-0.1, -0.05) is 0 Å². The van der Waals surface area contributed by atoms with E-state index in [4.69, 9.17) is 9.84 Å². The van der Waals surface area contributed by atoms with Crippen LogP contribution in [-0.4, -0.2) is 37.4 Å². The minimum absolute atomic E-state index is 0.0189. The molecule has 0 aromatic carbocycles. The fraction of sp³-hybridized carbons (Fsp3) is 0.333. The number of rotatable bonds is 2. The fourth-order valence-electron chi connectivity index (χ4n) is 1.59. The molecule has 8 nitrogen and oxygen atoms in total. The molecule has 20 heavy (non-hydrogen) atoms. The summed E-state index contributed by atoms with van der Waals surface area (Å²) in [5, 5.41) is 15.3. The molecular formula is C12H14N4O4. The summed E-state index contributed by atoms with van der Waals surface area (Å²) in [6.07, 6.45) is 0.489. The van der Waals surface area contributed by atoms with Gasteiger partial charge in [0, 0.05) is 0 Å². The SMILES string of the molecule is CC(C)(C)OC(=O)Nc1ncnn2c(C(=O)O)ccc12. The van der Waals surface area contributed by atoms with E-state index in [-0.39, 0.29) is 11.5 Å². The number of aromatic nitrogens is 3.